The van der Waals surface area contributed by atoms with E-state index in [9.17, 15) is 4.79 Å². The van der Waals surface area contributed by atoms with Gasteiger partial charge in [-0.3, -0.25) is 9.89 Å². The Morgan fingerprint density at radius 1 is 1.42 bits per heavy atom. The van der Waals surface area contributed by atoms with E-state index in [1.54, 1.807) is 14.0 Å². The van der Waals surface area contributed by atoms with Crippen LogP contribution in [0.1, 0.15) is 29.6 Å². The molecule has 2 N–H and O–H groups in total. The minimum Gasteiger partial charge on any atom is -0.378 e. The van der Waals surface area contributed by atoms with E-state index >= 15 is 0 Å². The van der Waals surface area contributed by atoms with Crippen LogP contribution in [0.2, 0.25) is 0 Å². The summed E-state index contributed by atoms with van der Waals surface area (Å²) in [7, 11) is 5.46. The molecule has 26 heavy (non-hydrogen) atoms. The van der Waals surface area contributed by atoms with Crippen LogP contribution in [0.25, 0.3) is 0 Å². The molecular formula is C17H25N7O2. The molecule has 0 aliphatic carbocycles. The Kier molecular flexibility index (Phi) is 5.36. The maximum atomic E-state index is 11.7. The first-order valence-electron chi connectivity index (χ1n) is 8.56. The highest BCUT2D eigenvalue weighted by Gasteiger charge is 2.24. The van der Waals surface area contributed by atoms with Gasteiger partial charge in [0, 0.05) is 40.2 Å². The minimum absolute atomic E-state index is 0.0679. The number of hydrogen-bond donors (Lipinski definition) is 2. The normalized spacial score (nSPS) is 13.5. The second-order valence-electron chi connectivity index (χ2n) is 6.55. The first kappa shape index (κ1) is 18.1. The first-order valence-corrected chi connectivity index (χ1v) is 8.56. The van der Waals surface area contributed by atoms with E-state index in [0.29, 0.717) is 32.2 Å². The molecule has 3 heterocycles. The van der Waals surface area contributed by atoms with Crippen molar-refractivity contribution in [3.63, 3.8) is 0 Å². The number of rotatable bonds is 6. The van der Waals surface area contributed by atoms with Gasteiger partial charge < -0.3 is 19.9 Å². The number of carbonyl (C=O) groups is 1. The molecule has 0 bridgehead atoms. The summed E-state index contributed by atoms with van der Waals surface area (Å²) in [5, 5.41) is 10.6. The van der Waals surface area contributed by atoms with E-state index < -0.39 is 0 Å². The van der Waals surface area contributed by atoms with Crippen molar-refractivity contribution >= 4 is 17.7 Å². The van der Waals surface area contributed by atoms with E-state index in [1.165, 1.54) is 0 Å². The molecule has 9 nitrogen and oxygen atoms in total. The lowest BCUT2D eigenvalue weighted by atomic mass is 10.1. The molecule has 1 aliphatic rings. The summed E-state index contributed by atoms with van der Waals surface area (Å²) in [6, 6.07) is 1.97. The van der Waals surface area contributed by atoms with E-state index in [4.69, 9.17) is 4.74 Å². The third-order valence-corrected chi connectivity index (χ3v) is 4.32. The summed E-state index contributed by atoms with van der Waals surface area (Å²) in [6.45, 7) is 3.84. The van der Waals surface area contributed by atoms with Crippen molar-refractivity contribution in [2.24, 2.45) is 0 Å². The fourth-order valence-corrected chi connectivity index (χ4v) is 2.93. The van der Waals surface area contributed by atoms with Gasteiger partial charge in [0.2, 0.25) is 11.9 Å². The Morgan fingerprint density at radius 3 is 2.92 bits per heavy atom. The third kappa shape index (κ3) is 3.93. The topological polar surface area (TPSA) is 99.3 Å². The van der Waals surface area contributed by atoms with E-state index in [1.807, 2.05) is 30.0 Å². The Hall–Kier alpha value is -2.68. The molecule has 2 aromatic rings. The van der Waals surface area contributed by atoms with Crippen LogP contribution in [0.3, 0.4) is 0 Å². The number of ether oxygens (including phenoxy) is 1. The van der Waals surface area contributed by atoms with Crippen molar-refractivity contribution in [3.8, 4) is 0 Å². The van der Waals surface area contributed by atoms with Crippen LogP contribution < -0.4 is 10.2 Å². The van der Waals surface area contributed by atoms with Crippen molar-refractivity contribution in [2.45, 2.75) is 33.0 Å². The summed E-state index contributed by atoms with van der Waals surface area (Å²) in [5.41, 5.74) is 3.79. The standard InChI is InChI=1S/C17H25N7O2/c1-11(25)24-6-5-14-15(9-24)19-17(23(2)3)20-16(14)18-8-12-7-13(10-26-4)22-21-12/h7H,5-6,8-10H2,1-4H3,(H,21,22)(H,18,19,20). The SMILES string of the molecule is COCc1cc(CNc2nc(N(C)C)nc3c2CCN(C(C)=O)C3)[nH]n1. The van der Waals surface area contributed by atoms with Crippen molar-refractivity contribution in [2.75, 3.05) is 38.0 Å². The van der Waals surface area contributed by atoms with Gasteiger partial charge in [0.05, 0.1) is 36.8 Å². The van der Waals surface area contributed by atoms with Gasteiger partial charge in [0.1, 0.15) is 5.82 Å². The number of fused-ring (bicyclic) bond motifs is 1. The molecule has 0 saturated heterocycles. The molecule has 9 heteroatoms. The quantitative estimate of drug-likeness (QED) is 0.791. The van der Waals surface area contributed by atoms with Gasteiger partial charge in [-0.15, -0.1) is 0 Å². The molecule has 3 rings (SSSR count). The molecule has 1 amide bonds. The largest absolute Gasteiger partial charge is 0.378 e. The number of nitrogens with one attached hydrogen (secondary N) is 2. The highest BCUT2D eigenvalue weighted by atomic mass is 16.5. The number of carbonyl (C=O) groups excluding carboxylic acids is 1. The summed E-state index contributed by atoms with van der Waals surface area (Å²) in [4.78, 5) is 24.7. The molecule has 0 radical (unpaired) electrons. The van der Waals surface area contributed by atoms with Crippen LogP contribution >= 0.6 is 0 Å². The number of anilines is 2. The van der Waals surface area contributed by atoms with Crippen molar-refractivity contribution in [3.05, 3.63) is 28.7 Å². The Morgan fingerprint density at radius 2 is 2.23 bits per heavy atom. The smallest absolute Gasteiger partial charge is 0.227 e. The van der Waals surface area contributed by atoms with Gasteiger partial charge in [0.15, 0.2) is 0 Å². The number of nitrogens with zero attached hydrogens (tertiary/aromatic N) is 5. The Bertz CT molecular complexity index is 787. The Balaban J connectivity index is 1.82. The van der Waals surface area contributed by atoms with Crippen molar-refractivity contribution in [1.29, 1.82) is 0 Å². The second-order valence-corrected chi connectivity index (χ2v) is 6.55. The van der Waals surface area contributed by atoms with Crippen LogP contribution in [0.5, 0.6) is 0 Å². The molecule has 0 spiro atoms. The van der Waals surface area contributed by atoms with E-state index in [-0.39, 0.29) is 5.91 Å². The zero-order chi connectivity index (χ0) is 18.7. The van der Waals surface area contributed by atoms with Crippen LogP contribution in [0.15, 0.2) is 6.07 Å². The fourth-order valence-electron chi connectivity index (χ4n) is 2.93. The van der Waals surface area contributed by atoms with Gasteiger partial charge in [0.25, 0.3) is 0 Å². The number of aromatic amines is 1. The lowest BCUT2D eigenvalue weighted by Crippen LogP contribution is -2.35. The molecule has 0 saturated carbocycles. The molecule has 140 valence electrons. The van der Waals surface area contributed by atoms with Crippen LogP contribution in [0, 0.1) is 0 Å². The van der Waals surface area contributed by atoms with Gasteiger partial charge in [-0.1, -0.05) is 0 Å². The van der Waals surface area contributed by atoms with Gasteiger partial charge in [-0.05, 0) is 12.5 Å². The monoisotopic (exact) mass is 359 g/mol. The Labute approximate surface area is 152 Å². The molecule has 0 fully saturated rings. The summed E-state index contributed by atoms with van der Waals surface area (Å²) < 4.78 is 5.09. The van der Waals surface area contributed by atoms with E-state index in [2.05, 4.69) is 25.5 Å². The predicted molar refractivity (Wildman–Crippen MR) is 97.8 cm³/mol. The zero-order valence-corrected chi connectivity index (χ0v) is 15.7. The number of hydrogen-bond acceptors (Lipinski definition) is 7. The van der Waals surface area contributed by atoms with Gasteiger partial charge >= 0.3 is 0 Å². The lowest BCUT2D eigenvalue weighted by molar-refractivity contribution is -0.129. The summed E-state index contributed by atoms with van der Waals surface area (Å²) in [5.74, 6) is 1.50. The molecular weight excluding hydrogens is 334 g/mol. The first-order chi connectivity index (χ1) is 12.5. The third-order valence-electron chi connectivity index (χ3n) is 4.32. The maximum absolute atomic E-state index is 11.7. The summed E-state index contributed by atoms with van der Waals surface area (Å²) in [6.07, 6.45) is 0.739. The van der Waals surface area contributed by atoms with Crippen molar-refractivity contribution < 1.29 is 9.53 Å². The number of methoxy groups -OCH3 is 1. The number of aromatic nitrogens is 4. The highest BCUT2D eigenvalue weighted by molar-refractivity contribution is 5.73. The molecule has 0 unspecified atom stereocenters. The van der Waals surface area contributed by atoms with E-state index in [0.717, 1.165) is 34.9 Å². The number of H-pyrrole nitrogens is 1. The average Bonchev–Trinajstić information content (AvgIpc) is 3.06. The lowest BCUT2D eigenvalue weighted by Gasteiger charge is -2.29. The van der Waals surface area contributed by atoms with Gasteiger partial charge in [-0.25, -0.2) is 4.98 Å². The van der Waals surface area contributed by atoms with Crippen LogP contribution in [-0.2, 0) is 35.6 Å². The average molecular weight is 359 g/mol. The summed E-state index contributed by atoms with van der Waals surface area (Å²) >= 11 is 0. The zero-order valence-electron chi connectivity index (χ0n) is 15.7. The van der Waals surface area contributed by atoms with Crippen molar-refractivity contribution in [1.82, 2.24) is 25.1 Å². The molecule has 2 aromatic heterocycles. The van der Waals surface area contributed by atoms with Gasteiger partial charge in [-0.2, -0.15) is 10.1 Å². The maximum Gasteiger partial charge on any atom is 0.227 e. The minimum atomic E-state index is 0.0679. The number of amides is 1. The predicted octanol–water partition coefficient (Wildman–Crippen LogP) is 0.929. The molecule has 0 aromatic carbocycles. The fraction of sp³-hybridized carbons (Fsp3) is 0.529. The highest BCUT2D eigenvalue weighted by Crippen LogP contribution is 2.26. The van der Waals surface area contributed by atoms with Crippen LogP contribution in [0.4, 0.5) is 11.8 Å². The molecule has 1 aliphatic heterocycles. The van der Waals surface area contributed by atoms with Crippen LogP contribution in [-0.4, -0.2) is 58.7 Å². The second kappa shape index (κ2) is 7.69. The molecule has 0 atom stereocenters.